The Hall–Kier alpha value is -2.30. The molecule has 154 valence electrons. The summed E-state index contributed by atoms with van der Waals surface area (Å²) in [5, 5.41) is 0.631. The summed E-state index contributed by atoms with van der Waals surface area (Å²) in [5.41, 5.74) is 24.0. The van der Waals surface area contributed by atoms with Gasteiger partial charge in [0.2, 0.25) is 0 Å². The van der Waals surface area contributed by atoms with E-state index in [0.29, 0.717) is 20.8 Å². The van der Waals surface area contributed by atoms with Crippen molar-refractivity contribution in [2.45, 2.75) is 41.6 Å². The molecule has 0 bridgehead atoms. The maximum absolute atomic E-state index is 12.1. The number of nitrogens with zero attached hydrogens (tertiary/aromatic N) is 4. The number of nitrogens with two attached hydrogens (primary N) is 4. The zero-order valence-corrected chi connectivity index (χ0v) is 17.3. The molecule has 1 aliphatic heterocycles. The highest BCUT2D eigenvalue weighted by Gasteiger charge is 2.46. The molecule has 1 spiro atoms. The van der Waals surface area contributed by atoms with Gasteiger partial charge >= 0.3 is 0 Å². The highest BCUT2D eigenvalue weighted by Crippen LogP contribution is 2.48. The number of carbonyl (C=O) groups excluding carboxylic acids is 1. The minimum Gasteiger partial charge on any atom is -0.382 e. The molecule has 0 aromatic carbocycles. The van der Waals surface area contributed by atoms with E-state index in [0.717, 1.165) is 50.5 Å². The van der Waals surface area contributed by atoms with Gasteiger partial charge in [0.15, 0.2) is 17.3 Å². The van der Waals surface area contributed by atoms with Gasteiger partial charge in [-0.2, -0.15) is 0 Å². The molecule has 2 aromatic rings. The van der Waals surface area contributed by atoms with E-state index >= 15 is 0 Å². The van der Waals surface area contributed by atoms with Crippen LogP contribution < -0.4 is 27.8 Å². The number of aromatic nitrogens is 3. The monoisotopic (exact) mass is 434 g/mol. The molecule has 1 atom stereocenters. The Bertz CT molecular complexity index is 963. The first-order valence-corrected chi connectivity index (χ1v) is 10.6. The van der Waals surface area contributed by atoms with Crippen LogP contribution in [0.4, 0.5) is 17.5 Å². The molecule has 9 nitrogen and oxygen atoms in total. The molecule has 4 rings (SSSR count). The lowest BCUT2D eigenvalue weighted by Crippen LogP contribution is -2.56. The van der Waals surface area contributed by atoms with Crippen LogP contribution in [0.15, 0.2) is 22.2 Å². The summed E-state index contributed by atoms with van der Waals surface area (Å²) in [5.74, 6) is 0.159. The molecule has 0 unspecified atom stereocenters. The van der Waals surface area contributed by atoms with Gasteiger partial charge in [-0.05, 0) is 37.2 Å². The van der Waals surface area contributed by atoms with Crippen LogP contribution in [0.1, 0.15) is 36.2 Å². The normalized spacial score (nSPS) is 20.5. The number of nitrogen functional groups attached to an aromatic ring is 2. The Balaban J connectivity index is 1.62. The SMILES string of the molecule is NC(=O)c1nc(Sc2ccnc(N)c2Cl)c(N)nc1N1CCC2(CC[C@@H]2N)CC1. The van der Waals surface area contributed by atoms with E-state index in [4.69, 9.17) is 34.5 Å². The van der Waals surface area contributed by atoms with Gasteiger partial charge in [-0.1, -0.05) is 23.4 Å². The molecule has 3 heterocycles. The van der Waals surface area contributed by atoms with Crippen LogP contribution in [-0.2, 0) is 0 Å². The molecule has 1 saturated carbocycles. The van der Waals surface area contributed by atoms with Gasteiger partial charge in [-0.25, -0.2) is 15.0 Å². The summed E-state index contributed by atoms with van der Waals surface area (Å²) in [4.78, 5) is 27.6. The van der Waals surface area contributed by atoms with Crippen molar-refractivity contribution in [3.63, 3.8) is 0 Å². The highest BCUT2D eigenvalue weighted by molar-refractivity contribution is 7.99. The number of pyridine rings is 1. The highest BCUT2D eigenvalue weighted by atomic mass is 35.5. The number of hydrogen-bond acceptors (Lipinski definition) is 9. The number of carbonyl (C=O) groups is 1. The average Bonchev–Trinajstić information content (AvgIpc) is 2.71. The fourth-order valence-electron chi connectivity index (χ4n) is 4.01. The van der Waals surface area contributed by atoms with Crippen molar-refractivity contribution in [1.82, 2.24) is 15.0 Å². The van der Waals surface area contributed by atoms with Gasteiger partial charge in [-0.15, -0.1) is 0 Å². The molecule has 1 amide bonds. The zero-order chi connectivity index (χ0) is 20.8. The summed E-state index contributed by atoms with van der Waals surface area (Å²) in [6.07, 6.45) is 5.68. The van der Waals surface area contributed by atoms with Crippen molar-refractivity contribution in [2.75, 3.05) is 29.5 Å². The first-order chi connectivity index (χ1) is 13.8. The van der Waals surface area contributed by atoms with Crippen LogP contribution in [-0.4, -0.2) is 40.0 Å². The van der Waals surface area contributed by atoms with Crippen molar-refractivity contribution < 1.29 is 4.79 Å². The predicted octanol–water partition coefficient (Wildman–Crippen LogP) is 1.65. The molecule has 2 aliphatic rings. The fourth-order valence-corrected chi connectivity index (χ4v) is 5.06. The van der Waals surface area contributed by atoms with Crippen molar-refractivity contribution in [3.8, 4) is 0 Å². The molecular weight excluding hydrogens is 412 g/mol. The maximum atomic E-state index is 12.1. The standard InChI is InChI=1S/C18H23ClN8OS/c19-11-9(2-6-24-13(11)21)29-17-14(22)26-16(12(25-17)15(23)28)27-7-4-18(5-8-27)3-1-10(18)20/h2,6,10H,1,3-5,7-8,20H2,(H2,21,24)(H2,22,26)(H2,23,28)/t10-/m0/s1. The summed E-state index contributed by atoms with van der Waals surface area (Å²) in [6.45, 7) is 1.47. The van der Waals surface area contributed by atoms with Crippen molar-refractivity contribution >= 4 is 46.7 Å². The average molecular weight is 435 g/mol. The number of halogens is 1. The minimum absolute atomic E-state index is 0.0914. The van der Waals surface area contributed by atoms with Gasteiger partial charge in [0.25, 0.3) is 5.91 Å². The van der Waals surface area contributed by atoms with E-state index in [-0.39, 0.29) is 28.8 Å². The fraction of sp³-hybridized carbons (Fsp3) is 0.444. The molecule has 0 radical (unpaired) electrons. The first-order valence-electron chi connectivity index (χ1n) is 9.36. The Morgan fingerprint density at radius 2 is 1.93 bits per heavy atom. The minimum atomic E-state index is -0.657. The second-order valence-electron chi connectivity index (χ2n) is 7.56. The molecular formula is C18H23ClN8OS. The van der Waals surface area contributed by atoms with Crippen molar-refractivity contribution in [2.24, 2.45) is 16.9 Å². The quantitative estimate of drug-likeness (QED) is 0.559. The van der Waals surface area contributed by atoms with Gasteiger partial charge in [0.05, 0.1) is 5.02 Å². The van der Waals surface area contributed by atoms with E-state index in [1.54, 1.807) is 6.07 Å². The second kappa shape index (κ2) is 7.51. The van der Waals surface area contributed by atoms with E-state index in [1.807, 2.05) is 4.90 Å². The third kappa shape index (κ3) is 3.56. The molecule has 8 N–H and O–H groups in total. The number of rotatable bonds is 4. The van der Waals surface area contributed by atoms with E-state index < -0.39 is 5.91 Å². The Labute approximate surface area is 177 Å². The Morgan fingerprint density at radius 3 is 2.52 bits per heavy atom. The molecule has 1 aliphatic carbocycles. The van der Waals surface area contributed by atoms with Gasteiger partial charge in [-0.3, -0.25) is 4.79 Å². The Kier molecular flexibility index (Phi) is 5.18. The molecule has 11 heteroatoms. The van der Waals surface area contributed by atoms with Crippen LogP contribution >= 0.6 is 23.4 Å². The lowest BCUT2D eigenvalue weighted by atomic mass is 9.60. The van der Waals surface area contributed by atoms with Gasteiger partial charge in [0.1, 0.15) is 10.8 Å². The zero-order valence-electron chi connectivity index (χ0n) is 15.8. The molecule has 29 heavy (non-hydrogen) atoms. The summed E-state index contributed by atoms with van der Waals surface area (Å²) in [6, 6.07) is 1.95. The predicted molar refractivity (Wildman–Crippen MR) is 114 cm³/mol. The molecule has 2 aromatic heterocycles. The smallest absolute Gasteiger partial charge is 0.271 e. The summed E-state index contributed by atoms with van der Waals surface area (Å²) >= 11 is 7.36. The summed E-state index contributed by atoms with van der Waals surface area (Å²) in [7, 11) is 0. The first kappa shape index (κ1) is 20.0. The lowest BCUT2D eigenvalue weighted by molar-refractivity contribution is 0.0610. The van der Waals surface area contributed by atoms with Crippen LogP contribution in [0.3, 0.4) is 0 Å². The number of hydrogen-bond donors (Lipinski definition) is 4. The van der Waals surface area contributed by atoms with Gasteiger partial charge < -0.3 is 27.8 Å². The molecule has 2 fully saturated rings. The number of primary amides is 1. The molecule has 1 saturated heterocycles. The van der Waals surface area contributed by atoms with E-state index in [2.05, 4.69) is 15.0 Å². The van der Waals surface area contributed by atoms with Crippen LogP contribution in [0.25, 0.3) is 0 Å². The third-order valence-electron chi connectivity index (χ3n) is 5.99. The number of piperidine rings is 1. The number of anilines is 3. The van der Waals surface area contributed by atoms with Crippen molar-refractivity contribution in [3.05, 3.63) is 23.0 Å². The van der Waals surface area contributed by atoms with E-state index in [9.17, 15) is 4.79 Å². The number of amides is 1. The van der Waals surface area contributed by atoms with Gasteiger partial charge in [0, 0.05) is 30.2 Å². The Morgan fingerprint density at radius 1 is 1.21 bits per heavy atom. The summed E-state index contributed by atoms with van der Waals surface area (Å²) < 4.78 is 0. The topological polar surface area (TPSA) is 163 Å². The van der Waals surface area contributed by atoms with Crippen molar-refractivity contribution in [1.29, 1.82) is 0 Å². The second-order valence-corrected chi connectivity index (χ2v) is 8.96. The van der Waals surface area contributed by atoms with Crippen LogP contribution in [0.2, 0.25) is 5.02 Å². The lowest BCUT2D eigenvalue weighted by Gasteiger charge is -2.52. The third-order valence-corrected chi connectivity index (χ3v) is 7.55. The van der Waals surface area contributed by atoms with Crippen LogP contribution in [0, 0.1) is 5.41 Å². The van der Waals surface area contributed by atoms with E-state index in [1.165, 1.54) is 6.20 Å². The van der Waals surface area contributed by atoms with Crippen LogP contribution in [0.5, 0.6) is 0 Å². The largest absolute Gasteiger partial charge is 0.382 e. The maximum Gasteiger partial charge on any atom is 0.271 e.